The normalized spacial score (nSPS) is 10.2. The van der Waals surface area contributed by atoms with Gasteiger partial charge in [-0.1, -0.05) is 23.7 Å². The minimum atomic E-state index is -0.0746. The molecule has 4 heteroatoms. The van der Waals surface area contributed by atoms with E-state index in [2.05, 4.69) is 0 Å². The summed E-state index contributed by atoms with van der Waals surface area (Å²) in [5.74, 6) is 0.545. The van der Waals surface area contributed by atoms with Crippen LogP contribution in [-0.4, -0.2) is 5.78 Å². The summed E-state index contributed by atoms with van der Waals surface area (Å²) in [4.78, 5) is 11.4. The Hall–Kier alpha value is -2.00. The second-order valence-electron chi connectivity index (χ2n) is 4.22. The van der Waals surface area contributed by atoms with Crippen molar-refractivity contribution >= 4 is 23.1 Å². The van der Waals surface area contributed by atoms with Gasteiger partial charge in [-0.15, -0.1) is 0 Å². The molecule has 2 aromatic rings. The fraction of sp³-hybridized carbons (Fsp3) is 0.133. The molecule has 0 aliphatic rings. The highest BCUT2D eigenvalue weighted by molar-refractivity contribution is 6.30. The topological polar surface area (TPSA) is 52.3 Å². The third kappa shape index (κ3) is 3.48. The van der Waals surface area contributed by atoms with Crippen LogP contribution in [0.2, 0.25) is 5.02 Å². The molecule has 0 fully saturated rings. The summed E-state index contributed by atoms with van der Waals surface area (Å²) in [7, 11) is 0. The van der Waals surface area contributed by atoms with E-state index in [1.807, 2.05) is 24.3 Å². The molecule has 0 radical (unpaired) electrons. The Morgan fingerprint density at radius 2 is 1.89 bits per heavy atom. The maximum Gasteiger partial charge on any atom is 0.162 e. The van der Waals surface area contributed by atoms with E-state index in [9.17, 15) is 4.79 Å². The maximum absolute atomic E-state index is 11.4. The third-order valence-electron chi connectivity index (χ3n) is 2.72. The Bertz CT molecular complexity index is 594. The fourth-order valence-corrected chi connectivity index (χ4v) is 1.80. The SMILES string of the molecule is CC(=O)c1cc(OCc2ccc(Cl)cc2)ccc1N. The predicted molar refractivity (Wildman–Crippen MR) is 76.6 cm³/mol. The molecule has 0 amide bonds. The highest BCUT2D eigenvalue weighted by Crippen LogP contribution is 2.21. The number of benzene rings is 2. The van der Waals surface area contributed by atoms with Crippen molar-refractivity contribution in [2.75, 3.05) is 5.73 Å². The van der Waals surface area contributed by atoms with Gasteiger partial charge in [0.25, 0.3) is 0 Å². The molecule has 0 heterocycles. The van der Waals surface area contributed by atoms with Crippen LogP contribution in [0.5, 0.6) is 5.75 Å². The standard InChI is InChI=1S/C15H14ClNO2/c1-10(18)14-8-13(6-7-15(14)17)19-9-11-2-4-12(16)5-3-11/h2-8H,9,17H2,1H3. The van der Waals surface area contributed by atoms with E-state index in [1.165, 1.54) is 6.92 Å². The zero-order valence-electron chi connectivity index (χ0n) is 10.5. The van der Waals surface area contributed by atoms with Gasteiger partial charge < -0.3 is 10.5 Å². The smallest absolute Gasteiger partial charge is 0.162 e. The molecule has 98 valence electrons. The highest BCUT2D eigenvalue weighted by Gasteiger charge is 2.06. The summed E-state index contributed by atoms with van der Waals surface area (Å²) in [5.41, 5.74) is 7.67. The van der Waals surface area contributed by atoms with E-state index in [1.54, 1.807) is 18.2 Å². The minimum absolute atomic E-state index is 0.0746. The summed E-state index contributed by atoms with van der Waals surface area (Å²) >= 11 is 5.81. The van der Waals surface area contributed by atoms with Gasteiger partial charge >= 0.3 is 0 Å². The zero-order valence-corrected chi connectivity index (χ0v) is 11.3. The lowest BCUT2D eigenvalue weighted by Gasteiger charge is -2.09. The molecule has 2 N–H and O–H groups in total. The molecule has 0 aliphatic heterocycles. The van der Waals surface area contributed by atoms with E-state index in [0.717, 1.165) is 5.56 Å². The first-order valence-electron chi connectivity index (χ1n) is 5.84. The number of hydrogen-bond acceptors (Lipinski definition) is 3. The van der Waals surface area contributed by atoms with E-state index in [-0.39, 0.29) is 5.78 Å². The van der Waals surface area contributed by atoms with Crippen molar-refractivity contribution in [2.24, 2.45) is 0 Å². The van der Waals surface area contributed by atoms with E-state index < -0.39 is 0 Å². The number of halogens is 1. The first-order valence-corrected chi connectivity index (χ1v) is 6.22. The van der Waals surface area contributed by atoms with Crippen molar-refractivity contribution in [3.8, 4) is 5.75 Å². The fourth-order valence-electron chi connectivity index (χ4n) is 1.68. The van der Waals surface area contributed by atoms with Crippen LogP contribution >= 0.6 is 11.6 Å². The van der Waals surface area contributed by atoms with E-state index >= 15 is 0 Å². The van der Waals surface area contributed by atoms with Crippen molar-refractivity contribution < 1.29 is 9.53 Å². The van der Waals surface area contributed by atoms with Crippen LogP contribution < -0.4 is 10.5 Å². The van der Waals surface area contributed by atoms with Crippen LogP contribution in [0.4, 0.5) is 5.69 Å². The zero-order chi connectivity index (χ0) is 13.8. The van der Waals surface area contributed by atoms with Gasteiger partial charge in [0.2, 0.25) is 0 Å². The molecule has 19 heavy (non-hydrogen) atoms. The van der Waals surface area contributed by atoms with Crippen molar-refractivity contribution in [2.45, 2.75) is 13.5 Å². The van der Waals surface area contributed by atoms with Crippen molar-refractivity contribution in [1.29, 1.82) is 0 Å². The van der Waals surface area contributed by atoms with E-state index in [0.29, 0.717) is 28.6 Å². The Morgan fingerprint density at radius 1 is 1.21 bits per heavy atom. The Morgan fingerprint density at radius 3 is 2.53 bits per heavy atom. The average molecular weight is 276 g/mol. The largest absolute Gasteiger partial charge is 0.489 e. The molecule has 2 aromatic carbocycles. The molecule has 0 aromatic heterocycles. The first-order chi connectivity index (χ1) is 9.06. The lowest BCUT2D eigenvalue weighted by Crippen LogP contribution is -2.01. The van der Waals surface area contributed by atoms with Gasteiger partial charge in [0.1, 0.15) is 12.4 Å². The van der Waals surface area contributed by atoms with Gasteiger partial charge in [-0.05, 0) is 42.8 Å². The van der Waals surface area contributed by atoms with Gasteiger partial charge in [-0.2, -0.15) is 0 Å². The number of ketones is 1. The summed E-state index contributed by atoms with van der Waals surface area (Å²) in [6.45, 7) is 1.90. The lowest BCUT2D eigenvalue weighted by atomic mass is 10.1. The van der Waals surface area contributed by atoms with E-state index in [4.69, 9.17) is 22.1 Å². The average Bonchev–Trinajstić information content (AvgIpc) is 2.39. The molecule has 0 saturated carbocycles. The van der Waals surface area contributed by atoms with Crippen LogP contribution in [0.15, 0.2) is 42.5 Å². The van der Waals surface area contributed by atoms with Gasteiger partial charge in [-0.3, -0.25) is 4.79 Å². The van der Waals surface area contributed by atoms with Gasteiger partial charge in [-0.25, -0.2) is 0 Å². The van der Waals surface area contributed by atoms with Crippen LogP contribution in [0.3, 0.4) is 0 Å². The molecular formula is C15H14ClNO2. The number of ether oxygens (including phenoxy) is 1. The lowest BCUT2D eigenvalue weighted by molar-refractivity contribution is 0.101. The summed E-state index contributed by atoms with van der Waals surface area (Å²) in [5, 5.41) is 0.690. The highest BCUT2D eigenvalue weighted by atomic mass is 35.5. The van der Waals surface area contributed by atoms with Crippen molar-refractivity contribution in [3.05, 3.63) is 58.6 Å². The molecule has 0 bridgehead atoms. The second kappa shape index (κ2) is 5.76. The third-order valence-corrected chi connectivity index (χ3v) is 2.97. The quantitative estimate of drug-likeness (QED) is 0.684. The monoisotopic (exact) mass is 275 g/mol. The number of Topliss-reactive ketones (excluding diaryl/α,β-unsaturated/α-hetero) is 1. The number of hydrogen-bond donors (Lipinski definition) is 1. The van der Waals surface area contributed by atoms with Crippen LogP contribution in [-0.2, 0) is 6.61 Å². The Kier molecular flexibility index (Phi) is 4.07. The van der Waals surface area contributed by atoms with Crippen LogP contribution in [0.1, 0.15) is 22.8 Å². The molecule has 0 saturated heterocycles. The van der Waals surface area contributed by atoms with Crippen LogP contribution in [0, 0.1) is 0 Å². The van der Waals surface area contributed by atoms with Crippen LogP contribution in [0.25, 0.3) is 0 Å². The van der Waals surface area contributed by atoms with Crippen molar-refractivity contribution in [1.82, 2.24) is 0 Å². The summed E-state index contributed by atoms with van der Waals surface area (Å²) in [6, 6.07) is 12.5. The molecule has 0 atom stereocenters. The molecule has 0 unspecified atom stereocenters. The maximum atomic E-state index is 11.4. The molecule has 3 nitrogen and oxygen atoms in total. The molecular weight excluding hydrogens is 262 g/mol. The summed E-state index contributed by atoms with van der Waals surface area (Å²) in [6.07, 6.45) is 0. The number of anilines is 1. The first kappa shape index (κ1) is 13.4. The second-order valence-corrected chi connectivity index (χ2v) is 4.66. The summed E-state index contributed by atoms with van der Waals surface area (Å²) < 4.78 is 5.63. The Balaban J connectivity index is 2.09. The molecule has 0 spiro atoms. The van der Waals surface area contributed by atoms with Gasteiger partial charge in [0, 0.05) is 16.3 Å². The number of rotatable bonds is 4. The number of nitrogen functional groups attached to an aromatic ring is 1. The number of nitrogens with two attached hydrogens (primary N) is 1. The number of carbonyl (C=O) groups excluding carboxylic acids is 1. The van der Waals surface area contributed by atoms with Gasteiger partial charge in [0.15, 0.2) is 5.78 Å². The predicted octanol–water partition coefficient (Wildman–Crippen LogP) is 3.70. The molecule has 2 rings (SSSR count). The van der Waals surface area contributed by atoms with Gasteiger partial charge in [0.05, 0.1) is 0 Å². The van der Waals surface area contributed by atoms with Crippen molar-refractivity contribution in [3.63, 3.8) is 0 Å². The molecule has 0 aliphatic carbocycles. The Labute approximate surface area is 117 Å². The number of carbonyl (C=O) groups is 1. The minimum Gasteiger partial charge on any atom is -0.489 e.